The van der Waals surface area contributed by atoms with Gasteiger partial charge in [0.2, 0.25) is 0 Å². The van der Waals surface area contributed by atoms with Crippen LogP contribution in [-0.4, -0.2) is 11.5 Å². The van der Waals surface area contributed by atoms with E-state index in [1.165, 1.54) is 11.3 Å². The van der Waals surface area contributed by atoms with Crippen molar-refractivity contribution in [3.8, 4) is 0 Å². The minimum Gasteiger partial charge on any atom is -0.312 e. The van der Waals surface area contributed by atoms with E-state index in [1.54, 1.807) is 0 Å². The third kappa shape index (κ3) is 3.95. The van der Waals surface area contributed by atoms with E-state index in [0.29, 0.717) is 22.3 Å². The fraction of sp³-hybridized carbons (Fsp3) is 0.786. The van der Waals surface area contributed by atoms with Crippen molar-refractivity contribution in [2.24, 2.45) is 5.92 Å². The van der Waals surface area contributed by atoms with E-state index in [4.69, 9.17) is 0 Å². The van der Waals surface area contributed by atoms with Gasteiger partial charge in [-0.2, -0.15) is 13.2 Å². The van der Waals surface area contributed by atoms with Crippen molar-refractivity contribution in [1.82, 2.24) is 10.3 Å². The summed E-state index contributed by atoms with van der Waals surface area (Å²) in [6.07, 6.45) is -0.186. The zero-order valence-corrected chi connectivity index (χ0v) is 12.7. The summed E-state index contributed by atoms with van der Waals surface area (Å²) in [6, 6.07) is 0. The van der Waals surface area contributed by atoms with E-state index < -0.39 is 11.9 Å². The molecule has 1 saturated carbocycles. The molecule has 1 fully saturated rings. The van der Waals surface area contributed by atoms with Gasteiger partial charge in [-0.3, -0.25) is 0 Å². The molecule has 0 unspecified atom stereocenters. The Morgan fingerprint density at radius 1 is 1.30 bits per heavy atom. The van der Waals surface area contributed by atoms with Crippen LogP contribution < -0.4 is 5.32 Å². The number of aromatic nitrogens is 1. The van der Waals surface area contributed by atoms with Gasteiger partial charge in [0.1, 0.15) is 0 Å². The molecule has 0 bridgehead atoms. The Labute approximate surface area is 121 Å². The molecule has 0 spiro atoms. The molecule has 2 nitrogen and oxygen atoms in total. The van der Waals surface area contributed by atoms with E-state index in [0.717, 1.165) is 25.7 Å². The molecule has 0 aromatic carbocycles. The van der Waals surface area contributed by atoms with Crippen LogP contribution >= 0.6 is 11.3 Å². The fourth-order valence-electron chi connectivity index (χ4n) is 2.53. The van der Waals surface area contributed by atoms with E-state index in [2.05, 4.69) is 10.3 Å². The topological polar surface area (TPSA) is 24.9 Å². The van der Waals surface area contributed by atoms with Crippen LogP contribution in [-0.2, 0) is 12.7 Å². The first kappa shape index (κ1) is 15.8. The normalized spacial score (nSPS) is 17.3. The summed E-state index contributed by atoms with van der Waals surface area (Å²) in [5.41, 5.74) is -0.680. The SMILES string of the molecule is CC(C)CNCc1sc(C2CCCC2)nc1C(F)(F)F. The Hall–Kier alpha value is -0.620. The Morgan fingerprint density at radius 3 is 2.50 bits per heavy atom. The molecular weight excluding hydrogens is 285 g/mol. The summed E-state index contributed by atoms with van der Waals surface area (Å²) in [7, 11) is 0. The fourth-order valence-corrected chi connectivity index (χ4v) is 3.76. The lowest BCUT2D eigenvalue weighted by Gasteiger charge is -2.08. The summed E-state index contributed by atoms with van der Waals surface area (Å²) in [4.78, 5) is 4.25. The number of thiazole rings is 1. The van der Waals surface area contributed by atoms with Gasteiger partial charge in [-0.1, -0.05) is 26.7 Å². The van der Waals surface area contributed by atoms with Crippen molar-refractivity contribution in [1.29, 1.82) is 0 Å². The van der Waals surface area contributed by atoms with Crippen molar-refractivity contribution >= 4 is 11.3 Å². The standard InChI is InChI=1S/C14H21F3N2S/c1-9(2)7-18-8-11-12(14(15,16)17)19-13(20-11)10-5-3-4-6-10/h9-10,18H,3-8H2,1-2H3. The summed E-state index contributed by atoms with van der Waals surface area (Å²) >= 11 is 1.24. The predicted molar refractivity (Wildman–Crippen MR) is 74.9 cm³/mol. The van der Waals surface area contributed by atoms with Crippen molar-refractivity contribution in [3.05, 3.63) is 15.6 Å². The Balaban J connectivity index is 2.14. The molecule has 6 heteroatoms. The second-order valence-electron chi connectivity index (χ2n) is 5.83. The van der Waals surface area contributed by atoms with Crippen LogP contribution in [0.15, 0.2) is 0 Å². The highest BCUT2D eigenvalue weighted by atomic mass is 32.1. The Morgan fingerprint density at radius 2 is 1.95 bits per heavy atom. The largest absolute Gasteiger partial charge is 0.434 e. The molecule has 1 aromatic rings. The number of halogens is 3. The third-order valence-electron chi connectivity index (χ3n) is 3.52. The molecule has 1 aliphatic rings. The molecule has 0 atom stereocenters. The molecule has 1 aromatic heterocycles. The van der Waals surface area contributed by atoms with Crippen LogP contribution in [0.4, 0.5) is 13.2 Å². The van der Waals surface area contributed by atoms with Crippen molar-refractivity contribution < 1.29 is 13.2 Å². The Kier molecular flexibility index (Phi) is 5.07. The Bertz CT molecular complexity index is 434. The van der Waals surface area contributed by atoms with Crippen molar-refractivity contribution in [3.63, 3.8) is 0 Å². The molecule has 0 aliphatic heterocycles. The minimum atomic E-state index is -4.35. The van der Waals surface area contributed by atoms with Crippen LogP contribution in [0.1, 0.15) is 61.0 Å². The van der Waals surface area contributed by atoms with Crippen LogP contribution in [0.25, 0.3) is 0 Å². The van der Waals surface area contributed by atoms with Gasteiger partial charge in [-0.25, -0.2) is 4.98 Å². The minimum absolute atomic E-state index is 0.236. The quantitative estimate of drug-likeness (QED) is 0.862. The molecule has 0 amide bonds. The van der Waals surface area contributed by atoms with Crippen LogP contribution in [0.5, 0.6) is 0 Å². The zero-order valence-electron chi connectivity index (χ0n) is 11.9. The van der Waals surface area contributed by atoms with E-state index in [9.17, 15) is 13.2 Å². The lowest BCUT2D eigenvalue weighted by molar-refractivity contribution is -0.141. The molecule has 1 aliphatic carbocycles. The molecule has 114 valence electrons. The second kappa shape index (κ2) is 6.43. The lowest BCUT2D eigenvalue weighted by atomic mass is 10.1. The van der Waals surface area contributed by atoms with Gasteiger partial charge in [-0.05, 0) is 25.3 Å². The molecule has 2 rings (SSSR count). The van der Waals surface area contributed by atoms with Gasteiger partial charge < -0.3 is 5.32 Å². The number of hydrogen-bond acceptors (Lipinski definition) is 3. The molecule has 0 saturated heterocycles. The van der Waals surface area contributed by atoms with Gasteiger partial charge in [-0.15, -0.1) is 11.3 Å². The van der Waals surface area contributed by atoms with E-state index >= 15 is 0 Å². The number of alkyl halides is 3. The average Bonchev–Trinajstić information content (AvgIpc) is 2.94. The molecule has 20 heavy (non-hydrogen) atoms. The highest BCUT2D eigenvalue weighted by Crippen LogP contribution is 2.41. The molecule has 0 radical (unpaired) electrons. The third-order valence-corrected chi connectivity index (χ3v) is 4.74. The first-order valence-electron chi connectivity index (χ1n) is 7.15. The average molecular weight is 306 g/mol. The summed E-state index contributed by atoms with van der Waals surface area (Å²) < 4.78 is 39.2. The molecule has 1 heterocycles. The summed E-state index contributed by atoms with van der Waals surface area (Å²) in [5, 5.41) is 3.76. The van der Waals surface area contributed by atoms with Gasteiger partial charge in [0.25, 0.3) is 0 Å². The highest BCUT2D eigenvalue weighted by molar-refractivity contribution is 7.11. The number of rotatable bonds is 5. The van der Waals surface area contributed by atoms with Gasteiger partial charge in [0, 0.05) is 12.5 Å². The number of nitrogens with zero attached hydrogens (tertiary/aromatic N) is 1. The summed E-state index contributed by atoms with van der Waals surface area (Å²) in [5.74, 6) is 0.659. The van der Waals surface area contributed by atoms with Crippen molar-refractivity contribution in [2.75, 3.05) is 6.54 Å². The van der Waals surface area contributed by atoms with Gasteiger partial charge in [0.15, 0.2) is 5.69 Å². The van der Waals surface area contributed by atoms with Gasteiger partial charge in [0.05, 0.1) is 9.88 Å². The maximum atomic E-state index is 13.1. The predicted octanol–water partition coefficient (Wildman–Crippen LogP) is 4.57. The highest BCUT2D eigenvalue weighted by Gasteiger charge is 2.38. The van der Waals surface area contributed by atoms with Gasteiger partial charge >= 0.3 is 6.18 Å². The maximum Gasteiger partial charge on any atom is 0.434 e. The zero-order chi connectivity index (χ0) is 14.8. The first-order valence-corrected chi connectivity index (χ1v) is 7.97. The van der Waals surface area contributed by atoms with E-state index in [1.807, 2.05) is 13.8 Å². The second-order valence-corrected chi connectivity index (χ2v) is 6.94. The summed E-state index contributed by atoms with van der Waals surface area (Å²) in [6.45, 7) is 5.05. The lowest BCUT2D eigenvalue weighted by Crippen LogP contribution is -2.20. The maximum absolute atomic E-state index is 13.1. The van der Waals surface area contributed by atoms with Crippen LogP contribution in [0.2, 0.25) is 0 Å². The number of nitrogens with one attached hydrogen (secondary N) is 1. The molecule has 1 N–H and O–H groups in total. The van der Waals surface area contributed by atoms with Crippen LogP contribution in [0.3, 0.4) is 0 Å². The number of hydrogen-bond donors (Lipinski definition) is 1. The first-order chi connectivity index (χ1) is 9.38. The van der Waals surface area contributed by atoms with Crippen molar-refractivity contribution in [2.45, 2.75) is 58.2 Å². The van der Waals surface area contributed by atoms with Crippen LogP contribution in [0, 0.1) is 5.92 Å². The monoisotopic (exact) mass is 306 g/mol. The smallest absolute Gasteiger partial charge is 0.312 e. The van der Waals surface area contributed by atoms with E-state index in [-0.39, 0.29) is 12.5 Å². The molecular formula is C14H21F3N2S.